The first-order valence-electron chi connectivity index (χ1n) is 9.69. The van der Waals surface area contributed by atoms with Crippen molar-refractivity contribution in [3.05, 3.63) is 107 Å². The van der Waals surface area contributed by atoms with Crippen LogP contribution in [0.4, 0.5) is 5.82 Å². The smallest absolute Gasteiger partial charge is 0.331 e. The van der Waals surface area contributed by atoms with Crippen molar-refractivity contribution in [3.63, 3.8) is 0 Å². The second kappa shape index (κ2) is 7.67. The van der Waals surface area contributed by atoms with E-state index in [0.29, 0.717) is 6.54 Å². The van der Waals surface area contributed by atoms with Gasteiger partial charge in [0, 0.05) is 11.9 Å². The number of anilines is 1. The first-order chi connectivity index (χ1) is 14.8. The van der Waals surface area contributed by atoms with Crippen LogP contribution in [-0.4, -0.2) is 19.5 Å². The summed E-state index contributed by atoms with van der Waals surface area (Å²) in [5.41, 5.74) is 4.03. The fourth-order valence-corrected chi connectivity index (χ4v) is 3.54. The number of allylic oxidation sites excluding steroid dienone is 8. The molecule has 0 fully saturated rings. The summed E-state index contributed by atoms with van der Waals surface area (Å²) in [4.78, 5) is 24.6. The minimum Gasteiger partial charge on any atom is -0.365 e. The van der Waals surface area contributed by atoms with Crippen LogP contribution in [0.15, 0.2) is 96.1 Å². The maximum atomic E-state index is 12.7. The maximum Gasteiger partial charge on any atom is 0.331 e. The number of hydrogen-bond donors (Lipinski definition) is 2. The van der Waals surface area contributed by atoms with E-state index in [1.165, 1.54) is 0 Å². The number of fused-ring (bicyclic) bond motifs is 2. The summed E-state index contributed by atoms with van der Waals surface area (Å²) in [7, 11) is 0. The molecule has 2 aromatic heterocycles. The van der Waals surface area contributed by atoms with Crippen LogP contribution in [0.25, 0.3) is 27.6 Å². The summed E-state index contributed by atoms with van der Waals surface area (Å²) in [5, 5.41) is 4.24. The van der Waals surface area contributed by atoms with Gasteiger partial charge >= 0.3 is 5.69 Å². The van der Waals surface area contributed by atoms with E-state index in [-0.39, 0.29) is 5.69 Å². The van der Waals surface area contributed by atoms with E-state index >= 15 is 0 Å². The lowest BCUT2D eigenvalue weighted by Gasteiger charge is -2.09. The molecule has 2 N–H and O–H groups in total. The Kier molecular flexibility index (Phi) is 4.57. The highest BCUT2D eigenvalue weighted by Crippen LogP contribution is 2.26. The lowest BCUT2D eigenvalue weighted by molar-refractivity contribution is 1.05. The molecule has 0 radical (unpaired) electrons. The Labute approximate surface area is 172 Å². The van der Waals surface area contributed by atoms with Crippen LogP contribution in [0.3, 0.4) is 0 Å². The number of nitrogens with zero attached hydrogens (tertiary/aromatic N) is 3. The second-order valence-electron chi connectivity index (χ2n) is 6.93. The van der Waals surface area contributed by atoms with Crippen molar-refractivity contribution in [1.29, 1.82) is 0 Å². The van der Waals surface area contributed by atoms with Crippen LogP contribution >= 0.6 is 0 Å². The molecule has 6 heteroatoms. The van der Waals surface area contributed by atoms with Gasteiger partial charge in [-0.1, -0.05) is 60.7 Å². The minimum atomic E-state index is -0.194. The van der Waals surface area contributed by atoms with Crippen LogP contribution in [0, 0.1) is 0 Å². The van der Waals surface area contributed by atoms with Crippen molar-refractivity contribution >= 4 is 33.5 Å². The molecule has 1 aliphatic rings. The van der Waals surface area contributed by atoms with Gasteiger partial charge in [-0.3, -0.25) is 4.57 Å². The van der Waals surface area contributed by atoms with Crippen molar-refractivity contribution in [3.8, 4) is 0 Å². The Bertz CT molecular complexity index is 1400. The maximum absolute atomic E-state index is 12.7. The standard InChI is InChI=1S/C24H19N5O/c30-24-28-21-13-19-20(14-22(21)29(24)18-11-7-2-1-3-8-12-18)26-16-27-23(19)25-15-17-9-5-4-6-10-17/h1-14,16H,15H2,(H,28,30)(H,25,26,27). The van der Waals surface area contributed by atoms with E-state index in [2.05, 4.69) is 32.4 Å². The van der Waals surface area contributed by atoms with E-state index < -0.39 is 0 Å². The topological polar surface area (TPSA) is 75.6 Å². The van der Waals surface area contributed by atoms with E-state index in [1.54, 1.807) is 10.9 Å². The molecule has 2 aromatic carbocycles. The number of nitrogens with one attached hydrogen (secondary N) is 2. The largest absolute Gasteiger partial charge is 0.365 e. The molecule has 4 aromatic rings. The van der Waals surface area contributed by atoms with Gasteiger partial charge in [-0.15, -0.1) is 0 Å². The Balaban J connectivity index is 1.60. The normalized spacial score (nSPS) is 13.4. The van der Waals surface area contributed by atoms with Crippen molar-refractivity contribution < 1.29 is 0 Å². The van der Waals surface area contributed by atoms with E-state index in [1.807, 2.05) is 72.9 Å². The third-order valence-corrected chi connectivity index (χ3v) is 4.98. The zero-order valence-electron chi connectivity index (χ0n) is 16.1. The van der Waals surface area contributed by atoms with Gasteiger partial charge in [-0.05, 0) is 29.8 Å². The SMILES string of the molecule is O=c1[nH]c2cc3c(NCc4ccccc4)ncnc3cc2n1C1=CC=CC=CC=C1. The number of benzene rings is 2. The van der Waals surface area contributed by atoms with Gasteiger partial charge in [-0.2, -0.15) is 0 Å². The van der Waals surface area contributed by atoms with Gasteiger partial charge in [0.05, 0.1) is 22.2 Å². The molecule has 6 nitrogen and oxygen atoms in total. The van der Waals surface area contributed by atoms with E-state index in [0.717, 1.165) is 39.0 Å². The quantitative estimate of drug-likeness (QED) is 0.539. The average Bonchev–Trinajstić information content (AvgIpc) is 3.06. The van der Waals surface area contributed by atoms with Gasteiger partial charge in [0.25, 0.3) is 0 Å². The highest BCUT2D eigenvalue weighted by Gasteiger charge is 2.13. The molecule has 5 rings (SSSR count). The van der Waals surface area contributed by atoms with Crippen molar-refractivity contribution in [2.45, 2.75) is 6.54 Å². The molecule has 2 heterocycles. The number of aromatic amines is 1. The van der Waals surface area contributed by atoms with E-state index in [9.17, 15) is 4.79 Å². The number of aromatic nitrogens is 4. The molecule has 0 amide bonds. The Morgan fingerprint density at radius 3 is 2.70 bits per heavy atom. The fraction of sp³-hybridized carbons (Fsp3) is 0.0417. The molecule has 0 spiro atoms. The molecule has 0 aliphatic heterocycles. The van der Waals surface area contributed by atoms with Crippen LogP contribution in [0.5, 0.6) is 0 Å². The molecular weight excluding hydrogens is 374 g/mol. The predicted octanol–water partition coefficient (Wildman–Crippen LogP) is 4.41. The summed E-state index contributed by atoms with van der Waals surface area (Å²) in [6.45, 7) is 0.653. The van der Waals surface area contributed by atoms with Crippen molar-refractivity contribution in [1.82, 2.24) is 19.5 Å². The molecule has 146 valence electrons. The number of H-pyrrole nitrogens is 1. The Morgan fingerprint density at radius 1 is 0.967 bits per heavy atom. The van der Waals surface area contributed by atoms with Crippen LogP contribution in [0.2, 0.25) is 0 Å². The van der Waals surface area contributed by atoms with Crippen molar-refractivity contribution in [2.75, 3.05) is 5.32 Å². The lowest BCUT2D eigenvalue weighted by atomic mass is 10.2. The zero-order valence-corrected chi connectivity index (χ0v) is 16.1. The average molecular weight is 393 g/mol. The summed E-state index contributed by atoms with van der Waals surface area (Å²) < 4.78 is 1.66. The fourth-order valence-electron chi connectivity index (χ4n) is 3.54. The second-order valence-corrected chi connectivity index (χ2v) is 6.93. The third-order valence-electron chi connectivity index (χ3n) is 4.98. The van der Waals surface area contributed by atoms with E-state index in [4.69, 9.17) is 0 Å². The predicted molar refractivity (Wildman–Crippen MR) is 121 cm³/mol. The molecule has 0 unspecified atom stereocenters. The van der Waals surface area contributed by atoms with Gasteiger partial charge < -0.3 is 10.3 Å². The van der Waals surface area contributed by atoms with Gasteiger partial charge in [0.2, 0.25) is 0 Å². The highest BCUT2D eigenvalue weighted by molar-refractivity contribution is 5.99. The van der Waals surface area contributed by atoms with Crippen molar-refractivity contribution in [2.24, 2.45) is 0 Å². The monoisotopic (exact) mass is 393 g/mol. The van der Waals surface area contributed by atoms with Crippen LogP contribution in [0.1, 0.15) is 5.56 Å². The van der Waals surface area contributed by atoms with Gasteiger partial charge in [0.1, 0.15) is 12.1 Å². The highest BCUT2D eigenvalue weighted by atomic mass is 16.1. The van der Waals surface area contributed by atoms with Crippen LogP contribution < -0.4 is 11.0 Å². The summed E-state index contributed by atoms with van der Waals surface area (Å²) in [6.07, 6.45) is 15.0. The number of hydrogen-bond acceptors (Lipinski definition) is 4. The molecule has 0 saturated heterocycles. The Morgan fingerprint density at radius 2 is 1.80 bits per heavy atom. The molecule has 0 bridgehead atoms. The number of rotatable bonds is 4. The molecular formula is C24H19N5O. The number of imidazole rings is 1. The molecule has 1 aliphatic carbocycles. The van der Waals surface area contributed by atoms with Crippen LogP contribution in [-0.2, 0) is 6.54 Å². The lowest BCUT2D eigenvalue weighted by Crippen LogP contribution is -2.15. The first-order valence-corrected chi connectivity index (χ1v) is 9.69. The first kappa shape index (κ1) is 17.9. The Hall–Kier alpha value is -4.19. The minimum absolute atomic E-state index is 0.194. The zero-order chi connectivity index (χ0) is 20.3. The summed E-state index contributed by atoms with van der Waals surface area (Å²) in [6, 6.07) is 14.0. The summed E-state index contributed by atoms with van der Waals surface area (Å²) >= 11 is 0. The third kappa shape index (κ3) is 3.35. The molecule has 30 heavy (non-hydrogen) atoms. The summed E-state index contributed by atoms with van der Waals surface area (Å²) in [5.74, 6) is 0.734. The molecule has 0 atom stereocenters. The molecule has 0 saturated carbocycles. The van der Waals surface area contributed by atoms with Gasteiger partial charge in [-0.25, -0.2) is 14.8 Å². The van der Waals surface area contributed by atoms with Gasteiger partial charge in [0.15, 0.2) is 0 Å².